The Morgan fingerprint density at radius 1 is 0.964 bits per heavy atom. The van der Waals surface area contributed by atoms with Gasteiger partial charge in [0.05, 0.1) is 18.3 Å². The average Bonchev–Trinajstić information content (AvgIpc) is 2.65. The summed E-state index contributed by atoms with van der Waals surface area (Å²) in [6.45, 7) is 8.58. The second-order valence-electron chi connectivity index (χ2n) is 8.00. The molecule has 0 bridgehead atoms. The van der Waals surface area contributed by atoms with E-state index >= 15 is 0 Å². The summed E-state index contributed by atoms with van der Waals surface area (Å²) in [4.78, 5) is 16.8. The Labute approximate surface area is 167 Å². The minimum absolute atomic E-state index is 0.0348. The van der Waals surface area contributed by atoms with Crippen molar-refractivity contribution in [2.24, 2.45) is 0 Å². The lowest BCUT2D eigenvalue weighted by Crippen LogP contribution is -2.15. The number of benzene rings is 2. The fourth-order valence-electron chi connectivity index (χ4n) is 3.11. The first kappa shape index (κ1) is 19.6. The molecule has 1 heterocycles. The van der Waals surface area contributed by atoms with Gasteiger partial charge in [-0.1, -0.05) is 63.2 Å². The molecule has 0 spiro atoms. The number of aryl methyl sites for hydroxylation is 1. The zero-order valence-electron chi connectivity index (χ0n) is 16.9. The van der Waals surface area contributed by atoms with Crippen LogP contribution in [0.4, 0.5) is 17.2 Å². The lowest BCUT2D eigenvalue weighted by Gasteiger charge is -2.23. The van der Waals surface area contributed by atoms with E-state index in [0.717, 1.165) is 22.6 Å². The van der Waals surface area contributed by atoms with Crippen LogP contribution in [0.15, 0.2) is 66.9 Å². The third kappa shape index (κ3) is 4.97. The summed E-state index contributed by atoms with van der Waals surface area (Å²) in [5.74, 6) is 0.698. The molecule has 0 saturated carbocycles. The Balaban J connectivity index is 1.66. The highest BCUT2D eigenvalue weighted by Crippen LogP contribution is 2.30. The second kappa shape index (κ2) is 8.26. The monoisotopic (exact) mass is 373 g/mol. The molecule has 1 amide bonds. The van der Waals surface area contributed by atoms with E-state index in [9.17, 15) is 4.79 Å². The average molecular weight is 374 g/mol. The van der Waals surface area contributed by atoms with Gasteiger partial charge in [-0.2, -0.15) is 0 Å². The van der Waals surface area contributed by atoms with Gasteiger partial charge in [0.2, 0.25) is 5.91 Å². The molecule has 0 aliphatic heterocycles. The van der Waals surface area contributed by atoms with Crippen molar-refractivity contribution in [3.63, 3.8) is 0 Å². The summed E-state index contributed by atoms with van der Waals surface area (Å²) in [5.41, 5.74) is 5.14. The minimum Gasteiger partial charge on any atom is -0.340 e. The molecule has 3 rings (SSSR count). The molecule has 2 N–H and O–H groups in total. The number of para-hydroxylation sites is 1. The highest BCUT2D eigenvalue weighted by atomic mass is 16.1. The van der Waals surface area contributed by atoms with E-state index in [-0.39, 0.29) is 11.3 Å². The first-order valence-corrected chi connectivity index (χ1v) is 9.50. The van der Waals surface area contributed by atoms with Gasteiger partial charge in [0, 0.05) is 5.69 Å². The van der Waals surface area contributed by atoms with E-state index in [1.54, 1.807) is 6.20 Å². The maximum atomic E-state index is 12.3. The maximum absolute atomic E-state index is 12.3. The number of anilines is 3. The van der Waals surface area contributed by atoms with Crippen molar-refractivity contribution in [1.29, 1.82) is 0 Å². The van der Waals surface area contributed by atoms with Crippen molar-refractivity contribution in [3.05, 3.63) is 83.6 Å². The van der Waals surface area contributed by atoms with Crippen LogP contribution in [-0.4, -0.2) is 10.9 Å². The molecule has 0 aliphatic carbocycles. The van der Waals surface area contributed by atoms with Crippen LogP contribution in [0.1, 0.15) is 37.5 Å². The number of nitrogens with zero attached hydrogens (tertiary/aromatic N) is 1. The molecule has 3 aromatic rings. The largest absolute Gasteiger partial charge is 0.340 e. The van der Waals surface area contributed by atoms with Gasteiger partial charge in [-0.3, -0.25) is 4.79 Å². The number of carbonyl (C=O) groups is 1. The van der Waals surface area contributed by atoms with Crippen LogP contribution in [0.5, 0.6) is 0 Å². The van der Waals surface area contributed by atoms with Gasteiger partial charge in [0.1, 0.15) is 5.82 Å². The quantitative estimate of drug-likeness (QED) is 0.611. The SMILES string of the molecule is Cc1ccccc1CC(=O)Nc1ccc(Nc2ccccc2C(C)(C)C)nc1. The first-order chi connectivity index (χ1) is 13.3. The molecule has 4 heteroatoms. The van der Waals surface area contributed by atoms with Gasteiger partial charge in [0.15, 0.2) is 0 Å². The van der Waals surface area contributed by atoms with Gasteiger partial charge in [-0.15, -0.1) is 0 Å². The van der Waals surface area contributed by atoms with Gasteiger partial charge in [-0.05, 0) is 47.2 Å². The Hall–Kier alpha value is -3.14. The molecule has 0 saturated heterocycles. The van der Waals surface area contributed by atoms with Gasteiger partial charge >= 0.3 is 0 Å². The molecule has 28 heavy (non-hydrogen) atoms. The Bertz CT molecular complexity index is 956. The van der Waals surface area contributed by atoms with Crippen LogP contribution in [0, 0.1) is 6.92 Å². The van der Waals surface area contributed by atoms with Crippen LogP contribution in [0.2, 0.25) is 0 Å². The molecular weight excluding hydrogens is 346 g/mol. The van der Waals surface area contributed by atoms with E-state index in [1.807, 2.05) is 55.5 Å². The number of pyridine rings is 1. The lowest BCUT2D eigenvalue weighted by atomic mass is 9.86. The summed E-state index contributed by atoms with van der Waals surface area (Å²) < 4.78 is 0. The van der Waals surface area contributed by atoms with Crippen molar-refractivity contribution < 1.29 is 4.79 Å². The third-order valence-electron chi connectivity index (χ3n) is 4.66. The Kier molecular flexibility index (Phi) is 5.78. The fraction of sp³-hybridized carbons (Fsp3) is 0.250. The predicted molar refractivity (Wildman–Crippen MR) is 116 cm³/mol. The standard InChI is InChI=1S/C24H27N3O/c1-17-9-5-6-10-18(17)15-23(28)26-19-13-14-22(25-16-19)27-21-12-8-7-11-20(21)24(2,3)4/h5-14,16H,15H2,1-4H3,(H,25,27)(H,26,28). The summed E-state index contributed by atoms with van der Waals surface area (Å²) in [5, 5.41) is 6.30. The Morgan fingerprint density at radius 2 is 1.68 bits per heavy atom. The third-order valence-corrected chi connectivity index (χ3v) is 4.66. The van der Waals surface area contributed by atoms with E-state index in [4.69, 9.17) is 0 Å². The maximum Gasteiger partial charge on any atom is 0.228 e. The zero-order valence-corrected chi connectivity index (χ0v) is 16.9. The van der Waals surface area contributed by atoms with Crippen LogP contribution < -0.4 is 10.6 Å². The van der Waals surface area contributed by atoms with Crippen molar-refractivity contribution in [1.82, 2.24) is 4.98 Å². The molecule has 0 radical (unpaired) electrons. The van der Waals surface area contributed by atoms with E-state index in [0.29, 0.717) is 12.1 Å². The highest BCUT2D eigenvalue weighted by molar-refractivity contribution is 5.92. The smallest absolute Gasteiger partial charge is 0.228 e. The van der Waals surface area contributed by atoms with Crippen molar-refractivity contribution >= 4 is 23.1 Å². The number of amides is 1. The normalized spacial score (nSPS) is 11.1. The lowest BCUT2D eigenvalue weighted by molar-refractivity contribution is -0.115. The van der Waals surface area contributed by atoms with E-state index in [2.05, 4.69) is 48.5 Å². The van der Waals surface area contributed by atoms with Crippen molar-refractivity contribution in [3.8, 4) is 0 Å². The van der Waals surface area contributed by atoms with Gasteiger partial charge < -0.3 is 10.6 Å². The molecule has 2 aromatic carbocycles. The molecule has 0 aliphatic rings. The Morgan fingerprint density at radius 3 is 2.36 bits per heavy atom. The van der Waals surface area contributed by atoms with Crippen LogP contribution in [0.25, 0.3) is 0 Å². The molecule has 0 unspecified atom stereocenters. The topological polar surface area (TPSA) is 54.0 Å². The molecular formula is C24H27N3O. The number of rotatable bonds is 5. The number of hydrogen-bond acceptors (Lipinski definition) is 3. The van der Waals surface area contributed by atoms with Crippen LogP contribution >= 0.6 is 0 Å². The summed E-state index contributed by atoms with van der Waals surface area (Å²) in [6, 6.07) is 19.9. The minimum atomic E-state index is -0.0464. The molecule has 0 fully saturated rings. The zero-order chi connectivity index (χ0) is 20.1. The highest BCUT2D eigenvalue weighted by Gasteiger charge is 2.17. The first-order valence-electron chi connectivity index (χ1n) is 9.50. The van der Waals surface area contributed by atoms with Gasteiger partial charge in [-0.25, -0.2) is 4.98 Å². The van der Waals surface area contributed by atoms with Crippen LogP contribution in [-0.2, 0) is 16.6 Å². The number of hydrogen-bond donors (Lipinski definition) is 2. The molecule has 0 atom stereocenters. The van der Waals surface area contributed by atoms with Gasteiger partial charge in [0.25, 0.3) is 0 Å². The molecule has 144 valence electrons. The second-order valence-corrected chi connectivity index (χ2v) is 8.00. The van der Waals surface area contributed by atoms with Crippen molar-refractivity contribution in [2.45, 2.75) is 39.5 Å². The summed E-state index contributed by atoms with van der Waals surface area (Å²) >= 11 is 0. The number of nitrogens with one attached hydrogen (secondary N) is 2. The van der Waals surface area contributed by atoms with E-state index in [1.165, 1.54) is 5.56 Å². The number of aromatic nitrogens is 1. The van der Waals surface area contributed by atoms with E-state index < -0.39 is 0 Å². The summed E-state index contributed by atoms with van der Waals surface area (Å²) in [6.07, 6.45) is 2.03. The fourth-order valence-corrected chi connectivity index (χ4v) is 3.11. The summed E-state index contributed by atoms with van der Waals surface area (Å²) in [7, 11) is 0. The predicted octanol–water partition coefficient (Wildman–Crippen LogP) is 5.61. The van der Waals surface area contributed by atoms with Crippen LogP contribution in [0.3, 0.4) is 0 Å². The molecule has 1 aromatic heterocycles. The molecule has 4 nitrogen and oxygen atoms in total. The van der Waals surface area contributed by atoms with Crippen molar-refractivity contribution in [2.75, 3.05) is 10.6 Å². The number of carbonyl (C=O) groups excluding carboxylic acids is 1.